The van der Waals surface area contributed by atoms with E-state index in [9.17, 15) is 0 Å². The maximum atomic E-state index is 5.39. The fourth-order valence-electron chi connectivity index (χ4n) is 3.39. The Morgan fingerprint density at radius 1 is 1.46 bits per heavy atom. The highest BCUT2D eigenvalue weighted by Crippen LogP contribution is 2.33. The minimum atomic E-state index is 0.473. The van der Waals surface area contributed by atoms with Gasteiger partial charge in [0.05, 0.1) is 12.8 Å². The molecular weight excluding hydrogens is 300 g/mol. The van der Waals surface area contributed by atoms with Crippen molar-refractivity contribution in [2.75, 3.05) is 19.6 Å². The quantitative estimate of drug-likeness (QED) is 0.458. The highest BCUT2D eigenvalue weighted by molar-refractivity contribution is 5.80. The molecule has 2 fully saturated rings. The molecule has 2 heterocycles. The molecule has 1 saturated heterocycles. The topological polar surface area (TPSA) is 52.8 Å². The summed E-state index contributed by atoms with van der Waals surface area (Å²) in [6.45, 7) is 10.9. The third kappa shape index (κ3) is 4.87. The van der Waals surface area contributed by atoms with Gasteiger partial charge < -0.3 is 15.1 Å². The summed E-state index contributed by atoms with van der Waals surface area (Å²) in [5.74, 6) is 1.88. The number of aliphatic imine (C=N–C) groups is 1. The van der Waals surface area contributed by atoms with Crippen molar-refractivity contribution in [3.63, 3.8) is 0 Å². The number of likely N-dealkylation sites (tertiary alicyclic amines) is 1. The lowest BCUT2D eigenvalue weighted by Crippen LogP contribution is -2.45. The number of nitrogens with zero attached hydrogens (tertiary/aromatic N) is 2. The van der Waals surface area contributed by atoms with Gasteiger partial charge >= 0.3 is 0 Å². The standard InChI is InChI=1S/C19H30N4O/c1-14(2)12-21-19(20-9-8-18-5-4-10-24-18)22-16-11-15(3)23(13-16)17-6-7-17/h4-5,10,15-17H,1,6-9,11-13H2,2-3H3,(H2,20,21,22). The van der Waals surface area contributed by atoms with Crippen LogP contribution in [0.25, 0.3) is 0 Å². The van der Waals surface area contributed by atoms with E-state index in [-0.39, 0.29) is 0 Å². The number of nitrogens with one attached hydrogen (secondary N) is 2. The number of guanidine groups is 1. The smallest absolute Gasteiger partial charge is 0.191 e. The Bertz CT molecular complexity index is 562. The summed E-state index contributed by atoms with van der Waals surface area (Å²) in [5, 5.41) is 7.05. The van der Waals surface area contributed by atoms with Crippen LogP contribution < -0.4 is 10.6 Å². The maximum Gasteiger partial charge on any atom is 0.191 e. The van der Waals surface area contributed by atoms with E-state index in [0.717, 1.165) is 42.8 Å². The molecule has 2 atom stereocenters. The van der Waals surface area contributed by atoms with E-state index in [2.05, 4.69) is 34.0 Å². The monoisotopic (exact) mass is 330 g/mol. The van der Waals surface area contributed by atoms with Crippen molar-refractivity contribution in [1.82, 2.24) is 15.5 Å². The van der Waals surface area contributed by atoms with Gasteiger partial charge in [0.2, 0.25) is 0 Å². The molecule has 0 radical (unpaired) electrons. The lowest BCUT2D eigenvalue weighted by atomic mass is 10.2. The summed E-state index contributed by atoms with van der Waals surface area (Å²) in [4.78, 5) is 7.31. The van der Waals surface area contributed by atoms with Gasteiger partial charge in [-0.3, -0.25) is 4.90 Å². The van der Waals surface area contributed by atoms with E-state index in [4.69, 9.17) is 4.42 Å². The summed E-state index contributed by atoms with van der Waals surface area (Å²) >= 11 is 0. The van der Waals surface area contributed by atoms with E-state index < -0.39 is 0 Å². The zero-order valence-electron chi connectivity index (χ0n) is 14.9. The minimum absolute atomic E-state index is 0.473. The van der Waals surface area contributed by atoms with Crippen LogP contribution in [0.3, 0.4) is 0 Å². The number of hydrogen-bond acceptors (Lipinski definition) is 3. The van der Waals surface area contributed by atoms with Crippen LogP contribution in [-0.4, -0.2) is 48.6 Å². The van der Waals surface area contributed by atoms with Gasteiger partial charge in [0.15, 0.2) is 5.96 Å². The molecule has 5 nitrogen and oxygen atoms in total. The molecule has 2 aliphatic rings. The van der Waals surface area contributed by atoms with Crippen molar-refractivity contribution >= 4 is 5.96 Å². The molecule has 1 saturated carbocycles. The molecule has 0 aromatic carbocycles. The van der Waals surface area contributed by atoms with Crippen molar-refractivity contribution in [3.05, 3.63) is 36.3 Å². The van der Waals surface area contributed by atoms with Gasteiger partial charge in [-0.2, -0.15) is 0 Å². The van der Waals surface area contributed by atoms with E-state index >= 15 is 0 Å². The van der Waals surface area contributed by atoms with Crippen molar-refractivity contribution in [3.8, 4) is 0 Å². The van der Waals surface area contributed by atoms with E-state index in [1.54, 1.807) is 6.26 Å². The molecule has 1 aliphatic carbocycles. The molecule has 1 aromatic rings. The second-order valence-electron chi connectivity index (χ2n) is 7.23. The SMILES string of the molecule is C=C(C)CN=C(NCCc1ccco1)NC1CC(C)N(C2CC2)C1. The Labute approximate surface area is 145 Å². The Balaban J connectivity index is 1.51. The van der Waals surface area contributed by atoms with Gasteiger partial charge in [-0.1, -0.05) is 12.2 Å². The molecule has 0 amide bonds. The molecule has 1 aromatic heterocycles. The molecule has 3 rings (SSSR count). The fourth-order valence-corrected chi connectivity index (χ4v) is 3.39. The lowest BCUT2D eigenvalue weighted by Gasteiger charge is -2.20. The predicted octanol–water partition coefficient (Wildman–Crippen LogP) is 2.56. The molecule has 5 heteroatoms. The summed E-state index contributed by atoms with van der Waals surface area (Å²) in [6.07, 6.45) is 6.50. The first kappa shape index (κ1) is 17.1. The van der Waals surface area contributed by atoms with Crippen LogP contribution in [0.5, 0.6) is 0 Å². The van der Waals surface area contributed by atoms with Crippen molar-refractivity contribution in [1.29, 1.82) is 0 Å². The van der Waals surface area contributed by atoms with Gasteiger partial charge in [-0.15, -0.1) is 0 Å². The van der Waals surface area contributed by atoms with Gasteiger partial charge in [-0.05, 0) is 45.2 Å². The van der Waals surface area contributed by atoms with Gasteiger partial charge in [0.1, 0.15) is 5.76 Å². The molecule has 2 N–H and O–H groups in total. The van der Waals surface area contributed by atoms with Crippen molar-refractivity contribution in [2.45, 2.75) is 57.7 Å². The van der Waals surface area contributed by atoms with E-state index in [0.29, 0.717) is 18.6 Å². The maximum absolute atomic E-state index is 5.39. The van der Waals surface area contributed by atoms with Crippen LogP contribution in [0.4, 0.5) is 0 Å². The van der Waals surface area contributed by atoms with Crippen molar-refractivity contribution < 1.29 is 4.42 Å². The number of furan rings is 1. The normalized spacial score (nSPS) is 25.0. The molecule has 24 heavy (non-hydrogen) atoms. The molecule has 132 valence electrons. The van der Waals surface area contributed by atoms with E-state index in [1.165, 1.54) is 19.3 Å². The van der Waals surface area contributed by atoms with Gasteiger partial charge in [0, 0.05) is 37.6 Å². The summed E-state index contributed by atoms with van der Waals surface area (Å²) in [7, 11) is 0. The average molecular weight is 330 g/mol. The van der Waals surface area contributed by atoms with Crippen LogP contribution in [-0.2, 0) is 6.42 Å². The van der Waals surface area contributed by atoms with Gasteiger partial charge in [0.25, 0.3) is 0 Å². The molecule has 1 aliphatic heterocycles. The third-order valence-electron chi connectivity index (χ3n) is 4.73. The largest absolute Gasteiger partial charge is 0.469 e. The van der Waals surface area contributed by atoms with Crippen molar-refractivity contribution in [2.24, 2.45) is 4.99 Å². The molecule has 0 bridgehead atoms. The van der Waals surface area contributed by atoms with E-state index in [1.807, 2.05) is 19.1 Å². The van der Waals surface area contributed by atoms with Crippen LogP contribution in [0, 0.1) is 0 Å². The zero-order chi connectivity index (χ0) is 16.9. The Kier molecular flexibility index (Phi) is 5.61. The first-order valence-corrected chi connectivity index (χ1v) is 9.09. The fraction of sp³-hybridized carbons (Fsp3) is 0.632. The highest BCUT2D eigenvalue weighted by atomic mass is 16.3. The lowest BCUT2D eigenvalue weighted by molar-refractivity contribution is 0.256. The predicted molar refractivity (Wildman–Crippen MR) is 98.3 cm³/mol. The third-order valence-corrected chi connectivity index (χ3v) is 4.73. The summed E-state index contributed by atoms with van der Waals surface area (Å²) in [6, 6.07) is 5.90. The van der Waals surface area contributed by atoms with Crippen LogP contribution in [0.2, 0.25) is 0 Å². The average Bonchev–Trinajstić information content (AvgIpc) is 3.12. The Morgan fingerprint density at radius 2 is 2.29 bits per heavy atom. The first-order chi connectivity index (χ1) is 11.6. The Hall–Kier alpha value is -1.75. The summed E-state index contributed by atoms with van der Waals surface area (Å²) < 4.78 is 5.39. The number of hydrogen-bond donors (Lipinski definition) is 2. The van der Waals surface area contributed by atoms with Crippen LogP contribution in [0.1, 0.15) is 38.9 Å². The Morgan fingerprint density at radius 3 is 2.96 bits per heavy atom. The molecule has 0 spiro atoms. The minimum Gasteiger partial charge on any atom is -0.469 e. The first-order valence-electron chi connectivity index (χ1n) is 9.09. The molecule has 2 unspecified atom stereocenters. The summed E-state index contributed by atoms with van der Waals surface area (Å²) in [5.41, 5.74) is 1.07. The van der Waals surface area contributed by atoms with Gasteiger partial charge in [-0.25, -0.2) is 4.99 Å². The molecular formula is C19H30N4O. The second-order valence-corrected chi connectivity index (χ2v) is 7.23. The zero-order valence-corrected chi connectivity index (χ0v) is 14.9. The van der Waals surface area contributed by atoms with Crippen LogP contribution in [0.15, 0.2) is 40.0 Å². The highest BCUT2D eigenvalue weighted by Gasteiger charge is 2.38. The second kappa shape index (κ2) is 7.88. The number of rotatable bonds is 7. The van der Waals surface area contributed by atoms with Crippen LogP contribution >= 0.6 is 0 Å².